The van der Waals surface area contributed by atoms with Crippen LogP contribution in [-0.2, 0) is 24.2 Å². The van der Waals surface area contributed by atoms with Gasteiger partial charge in [0.15, 0.2) is 0 Å². The van der Waals surface area contributed by atoms with Crippen LogP contribution in [0.5, 0.6) is 5.75 Å². The Hall–Kier alpha value is -1.59. The molecule has 0 saturated carbocycles. The van der Waals surface area contributed by atoms with Gasteiger partial charge in [-0.25, -0.2) is 0 Å². The van der Waals surface area contributed by atoms with Crippen molar-refractivity contribution in [3.05, 3.63) is 28.8 Å². The van der Waals surface area contributed by atoms with E-state index in [1.807, 2.05) is 0 Å². The third-order valence-electron chi connectivity index (χ3n) is 5.95. The zero-order valence-corrected chi connectivity index (χ0v) is 16.7. The Balaban J connectivity index is 1.62. The molecule has 0 spiro atoms. The predicted molar refractivity (Wildman–Crippen MR) is 105 cm³/mol. The normalized spacial score (nSPS) is 23.6. The van der Waals surface area contributed by atoms with Gasteiger partial charge in [0.1, 0.15) is 5.75 Å². The first-order valence-electron chi connectivity index (χ1n) is 9.79. The standard InChI is InChI=1S/C21H33N3O2/c1-23(2)19-9-8-17(13-24(3)14-19)21(25)22-12-18-10-15-6-5-7-16(15)11-20(18)26-4/h10-11,17,19H,5-9,12-14H2,1-4H3,(H,22,25)/t17-,19+/m1/s1. The van der Waals surface area contributed by atoms with Crippen molar-refractivity contribution in [2.75, 3.05) is 41.3 Å². The second-order valence-electron chi connectivity index (χ2n) is 8.12. The third-order valence-corrected chi connectivity index (χ3v) is 5.95. The maximum Gasteiger partial charge on any atom is 0.224 e. The number of carbonyl (C=O) groups is 1. The van der Waals surface area contributed by atoms with Crippen LogP contribution in [0.4, 0.5) is 0 Å². The van der Waals surface area contributed by atoms with Gasteiger partial charge in [-0.2, -0.15) is 0 Å². The number of hydrogen-bond acceptors (Lipinski definition) is 4. The van der Waals surface area contributed by atoms with Crippen LogP contribution in [0, 0.1) is 5.92 Å². The predicted octanol–water partition coefficient (Wildman–Crippen LogP) is 2.07. The summed E-state index contributed by atoms with van der Waals surface area (Å²) in [4.78, 5) is 17.3. The second-order valence-corrected chi connectivity index (χ2v) is 8.12. The molecule has 0 bridgehead atoms. The van der Waals surface area contributed by atoms with Gasteiger partial charge in [0, 0.05) is 31.2 Å². The summed E-state index contributed by atoms with van der Waals surface area (Å²) >= 11 is 0. The molecule has 0 unspecified atom stereocenters. The fourth-order valence-electron chi connectivity index (χ4n) is 4.33. The Morgan fingerprint density at radius 3 is 2.65 bits per heavy atom. The molecule has 0 radical (unpaired) electrons. The molecule has 5 nitrogen and oxygen atoms in total. The van der Waals surface area contributed by atoms with Crippen LogP contribution < -0.4 is 10.1 Å². The summed E-state index contributed by atoms with van der Waals surface area (Å²) in [6, 6.07) is 4.91. The lowest BCUT2D eigenvalue weighted by atomic mass is 10.00. The van der Waals surface area contributed by atoms with Gasteiger partial charge in [0.25, 0.3) is 0 Å². The van der Waals surface area contributed by atoms with Crippen molar-refractivity contribution < 1.29 is 9.53 Å². The molecule has 1 aromatic carbocycles. The number of nitrogens with one attached hydrogen (secondary N) is 1. The quantitative estimate of drug-likeness (QED) is 0.874. The number of benzene rings is 1. The van der Waals surface area contributed by atoms with Crippen molar-refractivity contribution in [1.82, 2.24) is 15.1 Å². The molecule has 1 aromatic rings. The van der Waals surface area contributed by atoms with E-state index in [9.17, 15) is 4.79 Å². The van der Waals surface area contributed by atoms with Crippen molar-refractivity contribution in [3.8, 4) is 5.75 Å². The van der Waals surface area contributed by atoms with E-state index in [1.165, 1.54) is 17.5 Å². The summed E-state index contributed by atoms with van der Waals surface area (Å²) in [6.45, 7) is 2.40. The maximum absolute atomic E-state index is 12.8. The van der Waals surface area contributed by atoms with Gasteiger partial charge in [-0.15, -0.1) is 0 Å². The average molecular weight is 360 g/mol. The van der Waals surface area contributed by atoms with E-state index in [0.29, 0.717) is 12.6 Å². The van der Waals surface area contributed by atoms with Gasteiger partial charge in [-0.1, -0.05) is 6.07 Å². The number of nitrogens with zero attached hydrogens (tertiary/aromatic N) is 2. The van der Waals surface area contributed by atoms with Crippen LogP contribution >= 0.6 is 0 Å². The molecule has 1 amide bonds. The van der Waals surface area contributed by atoms with E-state index in [-0.39, 0.29) is 11.8 Å². The van der Waals surface area contributed by atoms with Gasteiger partial charge in [0.05, 0.1) is 13.0 Å². The van der Waals surface area contributed by atoms with E-state index in [0.717, 1.165) is 50.1 Å². The molecule has 26 heavy (non-hydrogen) atoms. The number of likely N-dealkylation sites (tertiary alicyclic amines) is 1. The van der Waals surface area contributed by atoms with Crippen LogP contribution in [0.25, 0.3) is 0 Å². The van der Waals surface area contributed by atoms with E-state index in [4.69, 9.17) is 4.74 Å². The zero-order valence-electron chi connectivity index (χ0n) is 16.7. The van der Waals surface area contributed by atoms with E-state index in [1.54, 1.807) is 7.11 Å². The number of methoxy groups -OCH3 is 1. The fourth-order valence-corrected chi connectivity index (χ4v) is 4.33. The Morgan fingerprint density at radius 2 is 1.96 bits per heavy atom. The molecule has 2 aliphatic rings. The highest BCUT2D eigenvalue weighted by atomic mass is 16.5. The minimum Gasteiger partial charge on any atom is -0.496 e. The lowest BCUT2D eigenvalue weighted by Crippen LogP contribution is -2.39. The van der Waals surface area contributed by atoms with Crippen molar-refractivity contribution in [2.24, 2.45) is 5.92 Å². The first-order chi connectivity index (χ1) is 12.5. The Kier molecular flexibility index (Phi) is 6.20. The summed E-state index contributed by atoms with van der Waals surface area (Å²) in [5.74, 6) is 1.13. The van der Waals surface area contributed by atoms with Crippen molar-refractivity contribution in [3.63, 3.8) is 0 Å². The van der Waals surface area contributed by atoms with E-state index >= 15 is 0 Å². The maximum atomic E-state index is 12.8. The van der Waals surface area contributed by atoms with Crippen LogP contribution in [0.2, 0.25) is 0 Å². The van der Waals surface area contributed by atoms with Crippen LogP contribution in [-0.4, -0.2) is 63.1 Å². The largest absolute Gasteiger partial charge is 0.496 e. The summed E-state index contributed by atoms with van der Waals surface area (Å²) in [5.41, 5.74) is 3.91. The Bertz CT molecular complexity index is 644. The molecule has 1 saturated heterocycles. The van der Waals surface area contributed by atoms with Crippen LogP contribution in [0.15, 0.2) is 12.1 Å². The summed E-state index contributed by atoms with van der Waals surface area (Å²) in [6.07, 6.45) is 5.51. The number of hydrogen-bond donors (Lipinski definition) is 1. The van der Waals surface area contributed by atoms with Gasteiger partial charge in [-0.05, 0) is 70.4 Å². The summed E-state index contributed by atoms with van der Waals surface area (Å²) < 4.78 is 5.56. The van der Waals surface area contributed by atoms with Gasteiger partial charge in [-0.3, -0.25) is 4.79 Å². The highest BCUT2D eigenvalue weighted by molar-refractivity contribution is 5.79. The Morgan fingerprint density at radius 1 is 1.23 bits per heavy atom. The molecular formula is C21H33N3O2. The minimum atomic E-state index is 0.0605. The average Bonchev–Trinajstić information content (AvgIpc) is 2.98. The van der Waals surface area contributed by atoms with Gasteiger partial charge in [0.2, 0.25) is 5.91 Å². The summed E-state index contributed by atoms with van der Waals surface area (Å²) in [7, 11) is 8.08. The topological polar surface area (TPSA) is 44.8 Å². The number of carbonyl (C=O) groups excluding carboxylic acids is 1. The molecule has 144 valence electrons. The number of likely N-dealkylation sites (N-methyl/N-ethyl adjacent to an activating group) is 2. The molecular weight excluding hydrogens is 326 g/mol. The molecule has 3 rings (SSSR count). The van der Waals surface area contributed by atoms with E-state index in [2.05, 4.69) is 48.4 Å². The van der Waals surface area contributed by atoms with Crippen molar-refractivity contribution in [2.45, 2.75) is 44.7 Å². The smallest absolute Gasteiger partial charge is 0.224 e. The first kappa shape index (κ1) is 19.2. The number of rotatable bonds is 5. The highest BCUT2D eigenvalue weighted by Crippen LogP contribution is 2.30. The monoisotopic (exact) mass is 359 g/mol. The number of amides is 1. The van der Waals surface area contributed by atoms with Crippen molar-refractivity contribution in [1.29, 1.82) is 0 Å². The molecule has 1 aliphatic carbocycles. The number of ether oxygens (including phenoxy) is 1. The molecule has 1 fully saturated rings. The summed E-state index contributed by atoms with van der Waals surface area (Å²) in [5, 5.41) is 3.17. The first-order valence-corrected chi connectivity index (χ1v) is 9.79. The van der Waals surface area contributed by atoms with Gasteiger partial charge >= 0.3 is 0 Å². The lowest BCUT2D eigenvalue weighted by Gasteiger charge is -2.25. The molecule has 1 N–H and O–H groups in total. The highest BCUT2D eigenvalue weighted by Gasteiger charge is 2.27. The van der Waals surface area contributed by atoms with Crippen LogP contribution in [0.1, 0.15) is 36.0 Å². The molecule has 2 atom stereocenters. The molecule has 0 aromatic heterocycles. The SMILES string of the molecule is COc1cc2c(cc1CNC(=O)[C@@H]1CC[C@H](N(C)C)CN(C)C1)CCC2. The zero-order chi connectivity index (χ0) is 18.7. The molecule has 1 aliphatic heterocycles. The van der Waals surface area contributed by atoms with Gasteiger partial charge < -0.3 is 19.9 Å². The molecule has 5 heteroatoms. The second kappa shape index (κ2) is 8.40. The number of aryl methyl sites for hydroxylation is 2. The minimum absolute atomic E-state index is 0.0605. The van der Waals surface area contributed by atoms with E-state index < -0.39 is 0 Å². The third kappa shape index (κ3) is 4.38. The fraction of sp³-hybridized carbons (Fsp3) is 0.667. The van der Waals surface area contributed by atoms with Crippen LogP contribution in [0.3, 0.4) is 0 Å². The number of fused-ring (bicyclic) bond motifs is 1. The molecule has 1 heterocycles. The Labute approximate surface area is 157 Å². The van der Waals surface area contributed by atoms with Crippen molar-refractivity contribution >= 4 is 5.91 Å². The lowest BCUT2D eigenvalue weighted by molar-refractivity contribution is -0.125.